The molecule has 2 aromatic rings. The van der Waals surface area contributed by atoms with Gasteiger partial charge >= 0.3 is 0 Å². The number of sulfonamides is 1. The van der Waals surface area contributed by atoms with Crippen molar-refractivity contribution < 1.29 is 18.0 Å². The average Bonchev–Trinajstić information content (AvgIpc) is 2.87. The van der Waals surface area contributed by atoms with E-state index in [9.17, 15) is 18.0 Å². The van der Waals surface area contributed by atoms with E-state index in [1.165, 1.54) is 4.90 Å². The molecular formula is C27H35Cl2N3O4S. The highest BCUT2D eigenvalue weighted by Gasteiger charge is 2.31. The van der Waals surface area contributed by atoms with Gasteiger partial charge in [0.15, 0.2) is 0 Å². The molecule has 2 amide bonds. The van der Waals surface area contributed by atoms with Crippen molar-refractivity contribution in [3.63, 3.8) is 0 Å². The van der Waals surface area contributed by atoms with E-state index in [0.717, 1.165) is 48.2 Å². The molecule has 0 aliphatic heterocycles. The number of para-hydroxylation sites is 1. The quantitative estimate of drug-likeness (QED) is 0.428. The molecule has 7 nitrogen and oxygen atoms in total. The van der Waals surface area contributed by atoms with Crippen molar-refractivity contribution in [2.75, 3.05) is 17.1 Å². The van der Waals surface area contributed by atoms with Crippen molar-refractivity contribution in [2.24, 2.45) is 0 Å². The summed E-state index contributed by atoms with van der Waals surface area (Å²) in [7, 11) is -3.79. The maximum Gasteiger partial charge on any atom is 0.244 e. The Kier molecular flexibility index (Phi) is 10.3. The molecule has 0 radical (unpaired) electrons. The van der Waals surface area contributed by atoms with Gasteiger partial charge in [-0.2, -0.15) is 0 Å². The predicted molar refractivity (Wildman–Crippen MR) is 149 cm³/mol. The number of hydrogen-bond acceptors (Lipinski definition) is 4. The van der Waals surface area contributed by atoms with Crippen LogP contribution < -0.4 is 9.62 Å². The molecule has 0 saturated heterocycles. The van der Waals surface area contributed by atoms with E-state index in [1.54, 1.807) is 37.3 Å². The van der Waals surface area contributed by atoms with Crippen LogP contribution in [0.3, 0.4) is 0 Å². The van der Waals surface area contributed by atoms with Crippen LogP contribution in [0.2, 0.25) is 10.0 Å². The van der Waals surface area contributed by atoms with Crippen LogP contribution in [0.4, 0.5) is 5.69 Å². The zero-order valence-electron chi connectivity index (χ0n) is 21.5. The summed E-state index contributed by atoms with van der Waals surface area (Å²) in [6.45, 7) is 3.23. The van der Waals surface area contributed by atoms with Crippen LogP contribution in [0.25, 0.3) is 0 Å². The fourth-order valence-corrected chi connectivity index (χ4v) is 5.83. The van der Waals surface area contributed by atoms with Crippen molar-refractivity contribution in [1.29, 1.82) is 0 Å². The van der Waals surface area contributed by atoms with E-state index >= 15 is 0 Å². The Labute approximate surface area is 230 Å². The molecule has 1 aliphatic carbocycles. The van der Waals surface area contributed by atoms with Crippen LogP contribution in [-0.2, 0) is 32.6 Å². The molecule has 1 saturated carbocycles. The Balaban J connectivity index is 1.91. The number of carbonyl (C=O) groups excluding carboxylic acids is 2. The number of halogens is 2. The molecule has 37 heavy (non-hydrogen) atoms. The van der Waals surface area contributed by atoms with Crippen molar-refractivity contribution >= 4 is 50.7 Å². The average molecular weight is 569 g/mol. The lowest BCUT2D eigenvalue weighted by Gasteiger charge is -2.33. The van der Waals surface area contributed by atoms with Crippen molar-refractivity contribution in [2.45, 2.75) is 71.0 Å². The van der Waals surface area contributed by atoms with Crippen LogP contribution in [0.15, 0.2) is 42.5 Å². The number of hydrogen-bond donors (Lipinski definition) is 1. The lowest BCUT2D eigenvalue weighted by molar-refractivity contribution is -0.139. The lowest BCUT2D eigenvalue weighted by Crippen LogP contribution is -2.53. The third-order valence-electron chi connectivity index (χ3n) is 6.78. The highest BCUT2D eigenvalue weighted by atomic mass is 35.5. The van der Waals surface area contributed by atoms with Gasteiger partial charge in [-0.3, -0.25) is 13.9 Å². The Morgan fingerprint density at radius 1 is 1.05 bits per heavy atom. The molecule has 0 heterocycles. The second-order valence-electron chi connectivity index (χ2n) is 9.54. The predicted octanol–water partition coefficient (Wildman–Crippen LogP) is 5.19. The fourth-order valence-electron chi connectivity index (χ4n) is 4.63. The number of anilines is 1. The maximum absolute atomic E-state index is 13.7. The second-order valence-corrected chi connectivity index (χ2v) is 12.3. The van der Waals surface area contributed by atoms with Crippen LogP contribution >= 0.6 is 23.2 Å². The molecule has 1 unspecified atom stereocenters. The lowest BCUT2D eigenvalue weighted by atomic mass is 9.95. The van der Waals surface area contributed by atoms with E-state index in [2.05, 4.69) is 5.32 Å². The number of rotatable bonds is 10. The molecule has 1 aliphatic rings. The minimum Gasteiger partial charge on any atom is -0.352 e. The number of nitrogens with one attached hydrogen (secondary N) is 1. The number of amides is 2. The van der Waals surface area contributed by atoms with E-state index in [1.807, 2.05) is 19.1 Å². The highest BCUT2D eigenvalue weighted by molar-refractivity contribution is 7.92. The summed E-state index contributed by atoms with van der Waals surface area (Å²) in [6.07, 6.45) is 6.78. The number of benzene rings is 2. The third-order valence-corrected chi connectivity index (χ3v) is 8.64. The van der Waals surface area contributed by atoms with E-state index in [0.29, 0.717) is 27.7 Å². The van der Waals surface area contributed by atoms with Gasteiger partial charge in [0.05, 0.1) is 22.0 Å². The topological polar surface area (TPSA) is 86.8 Å². The first-order valence-electron chi connectivity index (χ1n) is 12.6. The smallest absolute Gasteiger partial charge is 0.244 e. The molecule has 0 spiro atoms. The molecule has 0 bridgehead atoms. The summed E-state index contributed by atoms with van der Waals surface area (Å²) in [6, 6.07) is 11.4. The maximum atomic E-state index is 13.7. The molecule has 1 atom stereocenters. The molecule has 1 N–H and O–H groups in total. The van der Waals surface area contributed by atoms with Gasteiger partial charge in [-0.15, -0.1) is 0 Å². The van der Waals surface area contributed by atoms with Gasteiger partial charge in [0, 0.05) is 12.6 Å². The van der Waals surface area contributed by atoms with Gasteiger partial charge < -0.3 is 10.2 Å². The molecule has 1 fully saturated rings. The summed E-state index contributed by atoms with van der Waals surface area (Å²) in [5.41, 5.74) is 1.94. The molecular weight excluding hydrogens is 533 g/mol. The second kappa shape index (κ2) is 13.0. The normalized spacial score (nSPS) is 15.2. The summed E-state index contributed by atoms with van der Waals surface area (Å²) in [5, 5.41) is 3.80. The zero-order chi connectivity index (χ0) is 27.2. The van der Waals surface area contributed by atoms with Crippen LogP contribution in [0.5, 0.6) is 0 Å². The Morgan fingerprint density at radius 3 is 2.35 bits per heavy atom. The van der Waals surface area contributed by atoms with Crippen molar-refractivity contribution in [3.05, 3.63) is 63.6 Å². The SMILES string of the molecule is CCc1ccccc1N(CC(=O)N(Cc1ccc(Cl)c(Cl)c1)C(C)C(=O)NC1CCCCC1)S(C)(=O)=O. The van der Waals surface area contributed by atoms with Crippen molar-refractivity contribution in [3.8, 4) is 0 Å². The summed E-state index contributed by atoms with van der Waals surface area (Å²) in [5.74, 6) is -0.756. The summed E-state index contributed by atoms with van der Waals surface area (Å²) >= 11 is 12.3. The Morgan fingerprint density at radius 2 is 1.73 bits per heavy atom. The van der Waals surface area contributed by atoms with Gasteiger partial charge in [-0.1, -0.05) is 73.7 Å². The van der Waals surface area contributed by atoms with E-state index < -0.39 is 28.5 Å². The standard InChI is InChI=1S/C27H35Cl2N3O4S/c1-4-21-10-8-9-13-25(21)32(37(3,35)36)18-26(33)31(17-20-14-15-23(28)24(29)16-20)19(2)27(34)30-22-11-6-5-7-12-22/h8-10,13-16,19,22H,4-7,11-12,17-18H2,1-3H3,(H,30,34). The summed E-state index contributed by atoms with van der Waals surface area (Å²) < 4.78 is 26.7. The Hall–Kier alpha value is -2.29. The van der Waals surface area contributed by atoms with Crippen LogP contribution in [0, 0.1) is 0 Å². The van der Waals surface area contributed by atoms with E-state index in [4.69, 9.17) is 23.2 Å². The molecule has 0 aromatic heterocycles. The minimum atomic E-state index is -3.79. The molecule has 10 heteroatoms. The van der Waals surface area contributed by atoms with Crippen LogP contribution in [-0.4, -0.2) is 50.0 Å². The fraction of sp³-hybridized carbons (Fsp3) is 0.481. The summed E-state index contributed by atoms with van der Waals surface area (Å²) in [4.78, 5) is 28.4. The first kappa shape index (κ1) is 29.3. The van der Waals surface area contributed by atoms with Gasteiger partial charge in [0.2, 0.25) is 21.8 Å². The monoisotopic (exact) mass is 567 g/mol. The van der Waals surface area contributed by atoms with Gasteiger partial charge in [0.25, 0.3) is 0 Å². The first-order valence-corrected chi connectivity index (χ1v) is 15.2. The molecule has 2 aromatic carbocycles. The van der Waals surface area contributed by atoms with Crippen LogP contribution in [0.1, 0.15) is 57.1 Å². The minimum absolute atomic E-state index is 0.0714. The first-order chi connectivity index (χ1) is 17.5. The molecule has 202 valence electrons. The van der Waals surface area contributed by atoms with E-state index in [-0.39, 0.29) is 18.5 Å². The third kappa shape index (κ3) is 7.85. The number of aryl methyl sites for hydroxylation is 1. The highest BCUT2D eigenvalue weighted by Crippen LogP contribution is 2.26. The zero-order valence-corrected chi connectivity index (χ0v) is 23.9. The van der Waals surface area contributed by atoms with Gasteiger partial charge in [-0.05, 0) is 55.5 Å². The Bertz CT molecular complexity index is 1220. The number of nitrogens with zero attached hydrogens (tertiary/aromatic N) is 2. The van der Waals surface area contributed by atoms with Gasteiger partial charge in [-0.25, -0.2) is 8.42 Å². The van der Waals surface area contributed by atoms with Crippen molar-refractivity contribution in [1.82, 2.24) is 10.2 Å². The van der Waals surface area contributed by atoms with Gasteiger partial charge in [0.1, 0.15) is 12.6 Å². The largest absolute Gasteiger partial charge is 0.352 e. The number of carbonyl (C=O) groups is 2. The molecule has 3 rings (SSSR count).